The molecule has 30 aromatic rings. The normalized spacial score (nSPS) is 11.6. The number of nitrogens with zero attached hydrogens (tertiary/aromatic N) is 12. The highest BCUT2D eigenvalue weighted by molar-refractivity contribution is 6.18. The predicted octanol–water partition coefficient (Wildman–Crippen LogP) is 34.0. The number of rotatable bonds is 13. The van der Waals surface area contributed by atoms with E-state index < -0.39 is 0 Å². The zero-order chi connectivity index (χ0) is 97.6. The van der Waals surface area contributed by atoms with Crippen molar-refractivity contribution in [3.8, 4) is 147 Å². The van der Waals surface area contributed by atoms with Crippen LogP contribution in [0.4, 0.5) is 0 Å². The summed E-state index contributed by atoms with van der Waals surface area (Å²) in [6.45, 7) is 0. The Bertz CT molecular complexity index is 10200. The summed E-state index contributed by atoms with van der Waals surface area (Å²) in [5.41, 5.74) is 26.9. The first-order valence-corrected chi connectivity index (χ1v) is 49.1. The van der Waals surface area contributed by atoms with Crippen molar-refractivity contribution in [2.45, 2.75) is 0 Å². The molecule has 0 aliphatic rings. The van der Waals surface area contributed by atoms with Crippen molar-refractivity contribution >= 4 is 153 Å². The van der Waals surface area contributed by atoms with Crippen LogP contribution in [0.3, 0.4) is 0 Å². The van der Waals surface area contributed by atoms with Gasteiger partial charge >= 0.3 is 0 Å². The SMILES string of the molecule is c1ccc(-c2ccc3ccc(-c4nc(-c5ccccc5)nc(-c5cccc6oc7cc8ccccc8nc7c56)n4)cc3c2)cc1.c1ccc(-c2ccc3ccc(-c4nc(-c5ccccc5)nc(-c5cccc6oc7cc8cccnc8cc7c56)n4)cc3c2)cc1.c1ccc(-c2ccccc2-c2nc(-c3ccc4c(c3)oc3ccccc34)nc(-c3cc(-c4cccc5oc6cc7cccnc7cc6c45)cc4ccccc34)n2)cc1. The maximum Gasteiger partial charge on any atom is 0.164 e. The molecule has 0 saturated heterocycles. The summed E-state index contributed by atoms with van der Waals surface area (Å²) in [6.07, 6.45) is 3.64. The van der Waals surface area contributed by atoms with Gasteiger partial charge < -0.3 is 17.7 Å². The van der Waals surface area contributed by atoms with Gasteiger partial charge in [-0.15, -0.1) is 0 Å². The van der Waals surface area contributed by atoms with E-state index in [-0.39, 0.29) is 0 Å². The fourth-order valence-electron chi connectivity index (χ4n) is 20.6. The Morgan fingerprint density at radius 2 is 0.486 bits per heavy atom. The van der Waals surface area contributed by atoms with Gasteiger partial charge in [0.05, 0.1) is 21.9 Å². The van der Waals surface area contributed by atoms with Crippen molar-refractivity contribution in [3.05, 3.63) is 473 Å². The summed E-state index contributed by atoms with van der Waals surface area (Å²) in [7, 11) is 0. The van der Waals surface area contributed by atoms with Gasteiger partial charge in [0.25, 0.3) is 0 Å². The largest absolute Gasteiger partial charge is 0.456 e. The van der Waals surface area contributed by atoms with Gasteiger partial charge in [-0.1, -0.05) is 340 Å². The van der Waals surface area contributed by atoms with E-state index in [1.165, 1.54) is 22.3 Å². The molecule has 0 saturated carbocycles. The highest BCUT2D eigenvalue weighted by atomic mass is 16.3. The van der Waals surface area contributed by atoms with E-state index in [4.69, 9.17) is 67.5 Å². The number of pyridine rings is 3. The molecule has 0 aliphatic carbocycles. The number of benzene rings is 20. The molecule has 10 aromatic heterocycles. The first kappa shape index (κ1) is 85.6. The first-order chi connectivity index (χ1) is 73.2. The van der Waals surface area contributed by atoms with Crippen LogP contribution in [0.5, 0.6) is 0 Å². The van der Waals surface area contributed by atoms with Crippen molar-refractivity contribution in [1.29, 1.82) is 0 Å². The van der Waals surface area contributed by atoms with Crippen LogP contribution in [0.15, 0.2) is 491 Å². The maximum atomic E-state index is 6.48. The Hall–Kier alpha value is -20.4. The highest BCUT2D eigenvalue weighted by Crippen LogP contribution is 2.47. The second-order valence-corrected chi connectivity index (χ2v) is 36.9. The van der Waals surface area contributed by atoms with Crippen LogP contribution < -0.4 is 0 Å². The molecule has 690 valence electrons. The molecule has 0 unspecified atom stereocenters. The van der Waals surface area contributed by atoms with Crippen LogP contribution in [0.2, 0.25) is 0 Å². The molecule has 0 atom stereocenters. The molecule has 0 aliphatic heterocycles. The zero-order valence-electron chi connectivity index (χ0n) is 79.0. The highest BCUT2D eigenvalue weighted by Gasteiger charge is 2.27. The van der Waals surface area contributed by atoms with Crippen molar-refractivity contribution in [1.82, 2.24) is 59.8 Å². The molecule has 148 heavy (non-hydrogen) atoms. The predicted molar refractivity (Wildman–Crippen MR) is 598 cm³/mol. The fourth-order valence-corrected chi connectivity index (χ4v) is 20.6. The molecular formula is C132H78N12O4. The third-order valence-corrected chi connectivity index (χ3v) is 27.8. The zero-order valence-corrected chi connectivity index (χ0v) is 79.0. The Kier molecular flexibility index (Phi) is 20.8. The summed E-state index contributed by atoms with van der Waals surface area (Å²) >= 11 is 0. The number of hydrogen-bond acceptors (Lipinski definition) is 16. The first-order valence-electron chi connectivity index (χ1n) is 49.1. The molecule has 10 heterocycles. The van der Waals surface area contributed by atoms with Crippen molar-refractivity contribution in [3.63, 3.8) is 0 Å². The lowest BCUT2D eigenvalue weighted by Gasteiger charge is -2.14. The average Bonchev–Trinajstić information content (AvgIpc) is 1.58. The number of para-hydroxylation sites is 2. The van der Waals surface area contributed by atoms with E-state index in [1.807, 2.05) is 200 Å². The lowest BCUT2D eigenvalue weighted by atomic mass is 9.93. The molecular weight excluding hydrogens is 1820 g/mol. The van der Waals surface area contributed by atoms with Crippen LogP contribution >= 0.6 is 0 Å². The van der Waals surface area contributed by atoms with E-state index in [0.717, 1.165) is 225 Å². The van der Waals surface area contributed by atoms with Crippen molar-refractivity contribution in [2.75, 3.05) is 0 Å². The lowest BCUT2D eigenvalue weighted by Crippen LogP contribution is -2.01. The van der Waals surface area contributed by atoms with Gasteiger partial charge in [0.2, 0.25) is 0 Å². The minimum Gasteiger partial charge on any atom is -0.456 e. The van der Waals surface area contributed by atoms with Crippen LogP contribution in [0.1, 0.15) is 0 Å². The van der Waals surface area contributed by atoms with Crippen LogP contribution in [0, 0.1) is 0 Å². The number of aromatic nitrogens is 12. The minimum atomic E-state index is 0.557. The summed E-state index contributed by atoms with van der Waals surface area (Å²) in [5.74, 6) is 5.32. The topological polar surface area (TPSA) is 207 Å². The van der Waals surface area contributed by atoms with Gasteiger partial charge in [-0.25, -0.2) is 49.8 Å². The molecule has 0 amide bonds. The minimum absolute atomic E-state index is 0.557. The molecule has 0 N–H and O–H groups in total. The Morgan fingerprint density at radius 1 is 0.135 bits per heavy atom. The maximum absolute atomic E-state index is 6.48. The Labute approximate surface area is 845 Å². The van der Waals surface area contributed by atoms with Crippen molar-refractivity contribution < 1.29 is 17.7 Å². The smallest absolute Gasteiger partial charge is 0.164 e. The quantitative estimate of drug-likeness (QED) is 0.105. The third kappa shape index (κ3) is 15.7. The summed E-state index contributed by atoms with van der Waals surface area (Å²) in [5, 5.41) is 16.8. The van der Waals surface area contributed by atoms with E-state index in [0.29, 0.717) is 52.4 Å². The summed E-state index contributed by atoms with van der Waals surface area (Å²) in [6, 6.07) is 158. The van der Waals surface area contributed by atoms with E-state index in [1.54, 1.807) is 0 Å². The standard InChI is InChI=1S/C52H30N4O2.2C40H24N4O/c1-2-12-31(13-3-1)36-16-6-7-19-41(36)51-54-50(34-23-24-40-39-18-8-9-21-45(39)57-47(40)29-34)55-52(56-51)42-27-35(26-32-14-4-5-17-37(32)42)38-20-10-22-46-49(38)43-30-44-33(15-11-25-53-44)28-48(43)58-46;1-3-9-25(10-4-1)28-18-16-26-17-19-30(22-31(26)21-28)39-42-38(27-11-5-2-6-12-27)43-40(44-39)32-14-7-15-35-37(32)33-24-34-29(13-8-20-41-34)23-36(33)45-35;1-3-10-25(11-4-1)28-20-18-26-19-21-30(23-31(26)22-28)39-42-38(27-12-5-2-6-13-27)43-40(44-39)32-15-9-17-34-36(32)37-35(45-34)24-29-14-7-8-16-33(29)41-37/h1-30H;2*1-24H. The molecule has 30 rings (SSSR count). The molecule has 0 radical (unpaired) electrons. The molecule has 16 heteroatoms. The van der Waals surface area contributed by atoms with Gasteiger partial charge in [-0.05, 0) is 198 Å². The van der Waals surface area contributed by atoms with Gasteiger partial charge in [0, 0.05) is 111 Å². The number of fused-ring (bicyclic) bond motifs is 18. The Balaban J connectivity index is 0.000000108. The van der Waals surface area contributed by atoms with Gasteiger partial charge in [-0.3, -0.25) is 9.97 Å². The molecule has 20 aromatic carbocycles. The second kappa shape index (κ2) is 36.0. The monoisotopic (exact) mass is 1890 g/mol. The number of furan rings is 4. The van der Waals surface area contributed by atoms with Crippen LogP contribution in [-0.4, -0.2) is 59.8 Å². The molecule has 0 fully saturated rings. The third-order valence-electron chi connectivity index (χ3n) is 27.8. The van der Waals surface area contributed by atoms with E-state index >= 15 is 0 Å². The molecule has 16 nitrogen and oxygen atoms in total. The Morgan fingerprint density at radius 3 is 1.06 bits per heavy atom. The molecule has 0 bridgehead atoms. The van der Waals surface area contributed by atoms with E-state index in [2.05, 4.69) is 283 Å². The summed E-state index contributed by atoms with van der Waals surface area (Å²) < 4.78 is 25.5. The summed E-state index contributed by atoms with van der Waals surface area (Å²) in [4.78, 5) is 60.4. The number of hydrogen-bond donors (Lipinski definition) is 0. The van der Waals surface area contributed by atoms with E-state index in [9.17, 15) is 0 Å². The van der Waals surface area contributed by atoms with Crippen molar-refractivity contribution in [2.24, 2.45) is 0 Å². The lowest BCUT2D eigenvalue weighted by molar-refractivity contribution is 0.668. The average molecular weight is 1900 g/mol. The molecule has 0 spiro atoms. The van der Waals surface area contributed by atoms with Gasteiger partial charge in [0.1, 0.15) is 44.6 Å². The van der Waals surface area contributed by atoms with Gasteiger partial charge in [0.15, 0.2) is 58.0 Å². The fraction of sp³-hybridized carbons (Fsp3) is 0. The van der Waals surface area contributed by atoms with Crippen LogP contribution in [0.25, 0.3) is 300 Å². The van der Waals surface area contributed by atoms with Crippen LogP contribution in [-0.2, 0) is 0 Å². The van der Waals surface area contributed by atoms with Gasteiger partial charge in [-0.2, -0.15) is 0 Å². The second-order valence-electron chi connectivity index (χ2n) is 36.9.